The van der Waals surface area contributed by atoms with Crippen LogP contribution in [-0.2, 0) is 0 Å². The highest BCUT2D eigenvalue weighted by Crippen LogP contribution is 2.28. The molecular weight excluding hydrogens is 305 g/mol. The molecule has 1 atom stereocenters. The van der Waals surface area contributed by atoms with E-state index in [1.54, 1.807) is 0 Å². The van der Waals surface area contributed by atoms with Crippen molar-refractivity contribution >= 4 is 39.9 Å². The molecule has 0 saturated carbocycles. The first-order valence-electron chi connectivity index (χ1n) is 6.56. The smallest absolute Gasteiger partial charge is 0.137 e. The molecule has 0 amide bonds. The Kier molecular flexibility index (Phi) is 3.95. The number of aromatic nitrogens is 2. The first-order valence-corrected chi connectivity index (χ1v) is 7.32. The molecule has 0 aliphatic carbocycles. The van der Waals surface area contributed by atoms with Crippen LogP contribution >= 0.6 is 23.2 Å². The lowest BCUT2D eigenvalue weighted by atomic mass is 10.1. The third-order valence-corrected chi connectivity index (χ3v) is 3.90. The fraction of sp³-hybridized carbons (Fsp3) is 0.125. The normalized spacial score (nSPS) is 12.3. The highest BCUT2D eigenvalue weighted by atomic mass is 35.5. The third kappa shape index (κ3) is 2.94. The van der Waals surface area contributed by atoms with Crippen LogP contribution in [0.4, 0.5) is 5.82 Å². The summed E-state index contributed by atoms with van der Waals surface area (Å²) in [5.41, 5.74) is 1.88. The van der Waals surface area contributed by atoms with Gasteiger partial charge in [-0.25, -0.2) is 9.97 Å². The Hall–Kier alpha value is -1.84. The van der Waals surface area contributed by atoms with E-state index in [2.05, 4.69) is 22.2 Å². The average molecular weight is 318 g/mol. The van der Waals surface area contributed by atoms with Gasteiger partial charge in [-0.1, -0.05) is 41.4 Å². The largest absolute Gasteiger partial charge is 0.363 e. The van der Waals surface area contributed by atoms with Crippen molar-refractivity contribution in [2.45, 2.75) is 13.0 Å². The van der Waals surface area contributed by atoms with E-state index in [0.717, 1.165) is 27.3 Å². The summed E-state index contributed by atoms with van der Waals surface area (Å²) < 4.78 is 0. The second-order valence-electron chi connectivity index (χ2n) is 4.78. The number of halogens is 2. The minimum absolute atomic E-state index is 0.0966. The fourth-order valence-electron chi connectivity index (χ4n) is 2.21. The Bertz CT molecular complexity index is 772. The predicted octanol–water partition coefficient (Wildman–Crippen LogP) is 5.11. The van der Waals surface area contributed by atoms with Crippen molar-refractivity contribution < 1.29 is 0 Å². The van der Waals surface area contributed by atoms with Crippen LogP contribution in [0, 0.1) is 0 Å². The van der Waals surface area contributed by atoms with Crippen molar-refractivity contribution in [3.05, 3.63) is 64.4 Å². The first kappa shape index (κ1) is 14.1. The van der Waals surface area contributed by atoms with Crippen LogP contribution < -0.4 is 5.32 Å². The summed E-state index contributed by atoms with van der Waals surface area (Å²) in [6.07, 6.45) is 1.52. The van der Waals surface area contributed by atoms with Gasteiger partial charge in [0.15, 0.2) is 0 Å². The lowest BCUT2D eigenvalue weighted by Crippen LogP contribution is -2.08. The van der Waals surface area contributed by atoms with E-state index in [9.17, 15) is 0 Å². The molecule has 2 aromatic carbocycles. The standard InChI is InChI=1S/C16H13Cl2N3/c1-10(11-5-7-12(17)8-6-11)21-16-13-3-2-4-14(18)15(13)19-9-20-16/h2-10H,1H3,(H,19,20,21)/t10-/m0/s1. The topological polar surface area (TPSA) is 37.8 Å². The summed E-state index contributed by atoms with van der Waals surface area (Å²) in [5.74, 6) is 0.768. The van der Waals surface area contributed by atoms with Crippen LogP contribution in [0.25, 0.3) is 10.9 Å². The Labute approximate surface area is 132 Å². The molecule has 0 aliphatic heterocycles. The fourth-order valence-corrected chi connectivity index (χ4v) is 2.56. The van der Waals surface area contributed by atoms with Crippen molar-refractivity contribution in [1.82, 2.24) is 9.97 Å². The van der Waals surface area contributed by atoms with E-state index < -0.39 is 0 Å². The van der Waals surface area contributed by atoms with Gasteiger partial charge in [0.05, 0.1) is 10.5 Å². The maximum atomic E-state index is 6.17. The van der Waals surface area contributed by atoms with Gasteiger partial charge in [0.25, 0.3) is 0 Å². The van der Waals surface area contributed by atoms with Gasteiger partial charge in [-0.3, -0.25) is 0 Å². The van der Waals surface area contributed by atoms with Gasteiger partial charge in [0.2, 0.25) is 0 Å². The van der Waals surface area contributed by atoms with Crippen LogP contribution in [0.3, 0.4) is 0 Å². The quantitative estimate of drug-likeness (QED) is 0.729. The Morgan fingerprint density at radius 3 is 2.52 bits per heavy atom. The minimum atomic E-state index is 0.0966. The molecule has 3 nitrogen and oxygen atoms in total. The number of benzene rings is 2. The molecule has 3 aromatic rings. The Balaban J connectivity index is 1.94. The first-order chi connectivity index (χ1) is 10.1. The van der Waals surface area contributed by atoms with E-state index in [4.69, 9.17) is 23.2 Å². The lowest BCUT2D eigenvalue weighted by molar-refractivity contribution is 0.876. The zero-order valence-electron chi connectivity index (χ0n) is 11.3. The summed E-state index contributed by atoms with van der Waals surface area (Å²) in [4.78, 5) is 8.56. The molecule has 5 heteroatoms. The zero-order valence-corrected chi connectivity index (χ0v) is 12.9. The average Bonchev–Trinajstić information content (AvgIpc) is 2.49. The second kappa shape index (κ2) is 5.88. The maximum absolute atomic E-state index is 6.17. The van der Waals surface area contributed by atoms with Crippen molar-refractivity contribution in [2.75, 3.05) is 5.32 Å². The molecule has 106 valence electrons. The number of nitrogens with one attached hydrogen (secondary N) is 1. The predicted molar refractivity (Wildman–Crippen MR) is 88.0 cm³/mol. The molecular formula is C16H13Cl2N3. The lowest BCUT2D eigenvalue weighted by Gasteiger charge is -2.16. The zero-order chi connectivity index (χ0) is 14.8. The molecule has 0 spiro atoms. The van der Waals surface area contributed by atoms with E-state index >= 15 is 0 Å². The van der Waals surface area contributed by atoms with Crippen molar-refractivity contribution in [3.8, 4) is 0 Å². The van der Waals surface area contributed by atoms with Crippen molar-refractivity contribution in [2.24, 2.45) is 0 Å². The minimum Gasteiger partial charge on any atom is -0.363 e. The van der Waals surface area contributed by atoms with Crippen LogP contribution in [0.5, 0.6) is 0 Å². The molecule has 1 N–H and O–H groups in total. The second-order valence-corrected chi connectivity index (χ2v) is 5.62. The molecule has 21 heavy (non-hydrogen) atoms. The number of anilines is 1. The van der Waals surface area contributed by atoms with Crippen LogP contribution in [-0.4, -0.2) is 9.97 Å². The van der Waals surface area contributed by atoms with Gasteiger partial charge in [0.1, 0.15) is 12.1 Å². The van der Waals surface area contributed by atoms with E-state index in [0.29, 0.717) is 5.02 Å². The van der Waals surface area contributed by atoms with Gasteiger partial charge in [-0.05, 0) is 36.8 Å². The molecule has 0 fully saturated rings. The van der Waals surface area contributed by atoms with Gasteiger partial charge < -0.3 is 5.32 Å². The Morgan fingerprint density at radius 1 is 1.00 bits per heavy atom. The maximum Gasteiger partial charge on any atom is 0.137 e. The van der Waals surface area contributed by atoms with Gasteiger partial charge >= 0.3 is 0 Å². The van der Waals surface area contributed by atoms with Gasteiger partial charge in [-0.2, -0.15) is 0 Å². The van der Waals surface area contributed by atoms with Crippen LogP contribution in [0.2, 0.25) is 10.0 Å². The van der Waals surface area contributed by atoms with Crippen molar-refractivity contribution in [1.29, 1.82) is 0 Å². The molecule has 0 aliphatic rings. The van der Waals surface area contributed by atoms with E-state index in [1.807, 2.05) is 42.5 Å². The summed E-state index contributed by atoms with van der Waals surface area (Å²) in [6, 6.07) is 13.5. The molecule has 1 heterocycles. The summed E-state index contributed by atoms with van der Waals surface area (Å²) in [6.45, 7) is 2.07. The highest BCUT2D eigenvalue weighted by Gasteiger charge is 2.10. The molecule has 0 bridgehead atoms. The monoisotopic (exact) mass is 317 g/mol. The number of hydrogen-bond donors (Lipinski definition) is 1. The summed E-state index contributed by atoms with van der Waals surface area (Å²) in [7, 11) is 0. The number of nitrogens with zero attached hydrogens (tertiary/aromatic N) is 2. The van der Waals surface area contributed by atoms with Crippen LogP contribution in [0.1, 0.15) is 18.5 Å². The van der Waals surface area contributed by atoms with Crippen molar-refractivity contribution in [3.63, 3.8) is 0 Å². The number of hydrogen-bond acceptors (Lipinski definition) is 3. The molecule has 3 rings (SSSR count). The molecule has 0 saturated heterocycles. The van der Waals surface area contributed by atoms with E-state index in [1.165, 1.54) is 6.33 Å². The molecule has 0 radical (unpaired) electrons. The number of fused-ring (bicyclic) bond motifs is 1. The third-order valence-electron chi connectivity index (χ3n) is 3.34. The van der Waals surface area contributed by atoms with Crippen LogP contribution in [0.15, 0.2) is 48.8 Å². The van der Waals surface area contributed by atoms with E-state index in [-0.39, 0.29) is 6.04 Å². The SMILES string of the molecule is C[C@H](Nc1ncnc2c(Cl)cccc12)c1ccc(Cl)cc1. The summed E-state index contributed by atoms with van der Waals surface area (Å²) in [5, 5.41) is 5.65. The number of rotatable bonds is 3. The Morgan fingerprint density at radius 2 is 1.76 bits per heavy atom. The van der Waals surface area contributed by atoms with Gasteiger partial charge in [-0.15, -0.1) is 0 Å². The van der Waals surface area contributed by atoms with Gasteiger partial charge in [0, 0.05) is 16.5 Å². The molecule has 1 aromatic heterocycles. The summed E-state index contributed by atoms with van der Waals surface area (Å²) >= 11 is 12.1. The highest BCUT2D eigenvalue weighted by molar-refractivity contribution is 6.35. The molecule has 0 unspecified atom stereocenters. The number of para-hydroxylation sites is 1.